The Balaban J connectivity index is 2.27. The molecule has 84 valence electrons. The zero-order valence-corrected chi connectivity index (χ0v) is 10.6. The minimum Gasteiger partial charge on any atom is -0.311 e. The van der Waals surface area contributed by atoms with E-state index >= 15 is 0 Å². The van der Waals surface area contributed by atoms with E-state index in [9.17, 15) is 0 Å². The summed E-state index contributed by atoms with van der Waals surface area (Å²) in [6.07, 6.45) is 4.78. The molecule has 0 bridgehead atoms. The average molecular weight is 216 g/mol. The van der Waals surface area contributed by atoms with Crippen LogP contribution in [0.2, 0.25) is 0 Å². The number of nitrogens with zero attached hydrogens (tertiary/aromatic N) is 1. The van der Waals surface area contributed by atoms with E-state index in [-0.39, 0.29) is 0 Å². The largest absolute Gasteiger partial charge is 0.311 e. The van der Waals surface area contributed by atoms with Gasteiger partial charge in [-0.15, -0.1) is 0 Å². The van der Waals surface area contributed by atoms with Crippen molar-refractivity contribution >= 4 is 11.8 Å². The first-order chi connectivity index (χ1) is 6.77. The van der Waals surface area contributed by atoms with E-state index in [1.54, 1.807) is 0 Å². The first-order valence-corrected chi connectivity index (χ1v) is 7.13. The molecule has 0 amide bonds. The second-order valence-electron chi connectivity index (χ2n) is 4.18. The Labute approximate surface area is 92.8 Å². The summed E-state index contributed by atoms with van der Waals surface area (Å²) < 4.78 is 0. The van der Waals surface area contributed by atoms with Crippen molar-refractivity contribution in [1.29, 1.82) is 0 Å². The van der Waals surface area contributed by atoms with Crippen LogP contribution < -0.4 is 5.32 Å². The van der Waals surface area contributed by atoms with Crippen molar-refractivity contribution in [2.24, 2.45) is 0 Å². The molecule has 1 fully saturated rings. The molecule has 0 aromatic heterocycles. The molecule has 0 spiro atoms. The summed E-state index contributed by atoms with van der Waals surface area (Å²) >= 11 is 1.96. The molecule has 0 radical (unpaired) electrons. The highest BCUT2D eigenvalue weighted by Gasteiger charge is 2.21. The van der Waals surface area contributed by atoms with Gasteiger partial charge in [0, 0.05) is 31.7 Å². The van der Waals surface area contributed by atoms with Crippen molar-refractivity contribution in [1.82, 2.24) is 10.2 Å². The molecule has 3 heteroatoms. The molecule has 0 saturated carbocycles. The fourth-order valence-corrected chi connectivity index (χ4v) is 2.57. The first-order valence-electron chi connectivity index (χ1n) is 5.74. The van der Waals surface area contributed by atoms with E-state index in [1.165, 1.54) is 38.2 Å². The zero-order chi connectivity index (χ0) is 10.4. The lowest BCUT2D eigenvalue weighted by atomic mass is 10.1. The summed E-state index contributed by atoms with van der Waals surface area (Å²) in [6, 6.07) is 1.49. The number of hydrogen-bond acceptors (Lipinski definition) is 3. The number of piperazine rings is 1. The second kappa shape index (κ2) is 6.70. The van der Waals surface area contributed by atoms with Crippen LogP contribution in [0.15, 0.2) is 0 Å². The second-order valence-corrected chi connectivity index (χ2v) is 5.17. The Bertz CT molecular complexity index is 152. The van der Waals surface area contributed by atoms with Gasteiger partial charge in [0.25, 0.3) is 0 Å². The fraction of sp³-hybridized carbons (Fsp3) is 1.00. The standard InChI is InChI=1S/C11H24N2S/c1-4-11-9-13(7-6-12-11)10(2)5-8-14-3/h10-12H,4-9H2,1-3H3. The van der Waals surface area contributed by atoms with Gasteiger partial charge in [0.15, 0.2) is 0 Å². The molecule has 1 N–H and O–H groups in total. The van der Waals surface area contributed by atoms with E-state index in [2.05, 4.69) is 30.3 Å². The van der Waals surface area contributed by atoms with Crippen LogP contribution in [0.3, 0.4) is 0 Å². The molecule has 1 aliphatic heterocycles. The van der Waals surface area contributed by atoms with E-state index in [0.717, 1.165) is 12.1 Å². The highest BCUT2D eigenvalue weighted by molar-refractivity contribution is 7.98. The summed E-state index contributed by atoms with van der Waals surface area (Å²) in [7, 11) is 0. The molecule has 14 heavy (non-hydrogen) atoms. The van der Waals surface area contributed by atoms with E-state index in [0.29, 0.717) is 0 Å². The van der Waals surface area contributed by atoms with Gasteiger partial charge in [0.1, 0.15) is 0 Å². The van der Waals surface area contributed by atoms with Crippen LogP contribution in [0.4, 0.5) is 0 Å². The number of thioether (sulfide) groups is 1. The third-order valence-electron chi connectivity index (χ3n) is 3.14. The van der Waals surface area contributed by atoms with Gasteiger partial charge in [-0.2, -0.15) is 11.8 Å². The van der Waals surface area contributed by atoms with Crippen molar-refractivity contribution in [2.45, 2.75) is 38.8 Å². The quantitative estimate of drug-likeness (QED) is 0.754. The Morgan fingerprint density at radius 2 is 2.36 bits per heavy atom. The van der Waals surface area contributed by atoms with Crippen LogP contribution >= 0.6 is 11.8 Å². The number of nitrogens with one attached hydrogen (secondary N) is 1. The zero-order valence-electron chi connectivity index (χ0n) is 9.75. The van der Waals surface area contributed by atoms with Crippen molar-refractivity contribution in [3.05, 3.63) is 0 Å². The minimum atomic E-state index is 0.723. The van der Waals surface area contributed by atoms with Crippen LogP contribution in [-0.2, 0) is 0 Å². The van der Waals surface area contributed by atoms with Crippen LogP contribution in [-0.4, -0.2) is 48.6 Å². The lowest BCUT2D eigenvalue weighted by Crippen LogP contribution is -2.53. The van der Waals surface area contributed by atoms with Crippen molar-refractivity contribution < 1.29 is 0 Å². The molecule has 2 atom stereocenters. The molecule has 1 saturated heterocycles. The third kappa shape index (κ3) is 3.79. The number of hydrogen-bond donors (Lipinski definition) is 1. The maximum absolute atomic E-state index is 3.56. The molecule has 0 aromatic rings. The fourth-order valence-electron chi connectivity index (χ4n) is 2.00. The average Bonchev–Trinajstić information content (AvgIpc) is 2.26. The van der Waals surface area contributed by atoms with E-state index < -0.39 is 0 Å². The Morgan fingerprint density at radius 3 is 3.00 bits per heavy atom. The molecule has 0 aromatic carbocycles. The predicted molar refractivity (Wildman–Crippen MR) is 66.1 cm³/mol. The lowest BCUT2D eigenvalue weighted by molar-refractivity contribution is 0.148. The highest BCUT2D eigenvalue weighted by atomic mass is 32.2. The molecule has 0 aliphatic carbocycles. The van der Waals surface area contributed by atoms with Gasteiger partial charge in [-0.3, -0.25) is 4.90 Å². The summed E-state index contributed by atoms with van der Waals surface area (Å²) in [6.45, 7) is 8.28. The first kappa shape index (κ1) is 12.3. The molecular formula is C11H24N2S. The van der Waals surface area contributed by atoms with Gasteiger partial charge in [0.05, 0.1) is 0 Å². The van der Waals surface area contributed by atoms with Gasteiger partial charge >= 0.3 is 0 Å². The van der Waals surface area contributed by atoms with Crippen LogP contribution in [0.25, 0.3) is 0 Å². The molecule has 2 nitrogen and oxygen atoms in total. The Kier molecular flexibility index (Phi) is 5.90. The summed E-state index contributed by atoms with van der Waals surface area (Å²) in [5.41, 5.74) is 0. The van der Waals surface area contributed by atoms with E-state index in [4.69, 9.17) is 0 Å². The van der Waals surface area contributed by atoms with Crippen molar-refractivity contribution in [3.8, 4) is 0 Å². The van der Waals surface area contributed by atoms with Gasteiger partial charge < -0.3 is 5.32 Å². The van der Waals surface area contributed by atoms with Crippen molar-refractivity contribution in [2.75, 3.05) is 31.6 Å². The van der Waals surface area contributed by atoms with E-state index in [1.807, 2.05) is 11.8 Å². The summed E-state index contributed by atoms with van der Waals surface area (Å²) in [5.74, 6) is 1.29. The molecular weight excluding hydrogens is 192 g/mol. The SMILES string of the molecule is CCC1CN(C(C)CCSC)CCN1. The molecule has 1 heterocycles. The number of rotatable bonds is 5. The minimum absolute atomic E-state index is 0.723. The normalized spacial score (nSPS) is 26.4. The highest BCUT2D eigenvalue weighted by Crippen LogP contribution is 2.11. The third-order valence-corrected chi connectivity index (χ3v) is 3.79. The smallest absolute Gasteiger partial charge is 0.0193 e. The topological polar surface area (TPSA) is 15.3 Å². The van der Waals surface area contributed by atoms with Crippen LogP contribution in [0.5, 0.6) is 0 Å². The van der Waals surface area contributed by atoms with Gasteiger partial charge in [-0.05, 0) is 31.8 Å². The van der Waals surface area contributed by atoms with Gasteiger partial charge in [0.2, 0.25) is 0 Å². The Hall–Kier alpha value is 0.270. The maximum atomic E-state index is 3.56. The predicted octanol–water partition coefficient (Wildman–Crippen LogP) is 1.81. The summed E-state index contributed by atoms with van der Waals surface area (Å²) in [4.78, 5) is 2.64. The van der Waals surface area contributed by atoms with Crippen molar-refractivity contribution in [3.63, 3.8) is 0 Å². The summed E-state index contributed by atoms with van der Waals surface area (Å²) in [5, 5.41) is 3.56. The Morgan fingerprint density at radius 1 is 1.57 bits per heavy atom. The molecule has 1 rings (SSSR count). The molecule has 1 aliphatic rings. The monoisotopic (exact) mass is 216 g/mol. The lowest BCUT2D eigenvalue weighted by Gasteiger charge is -2.37. The van der Waals surface area contributed by atoms with Crippen LogP contribution in [0.1, 0.15) is 26.7 Å². The van der Waals surface area contributed by atoms with Gasteiger partial charge in [-0.1, -0.05) is 6.92 Å². The van der Waals surface area contributed by atoms with Gasteiger partial charge in [-0.25, -0.2) is 0 Å². The van der Waals surface area contributed by atoms with Crippen LogP contribution in [0, 0.1) is 0 Å². The molecule has 2 unspecified atom stereocenters. The maximum Gasteiger partial charge on any atom is 0.0193 e.